The van der Waals surface area contributed by atoms with Gasteiger partial charge >= 0.3 is 0 Å². The van der Waals surface area contributed by atoms with Crippen molar-refractivity contribution in [3.05, 3.63) is 29.8 Å². The van der Waals surface area contributed by atoms with E-state index < -0.39 is 10.0 Å². The van der Waals surface area contributed by atoms with E-state index in [1.54, 1.807) is 30.0 Å². The summed E-state index contributed by atoms with van der Waals surface area (Å²) < 4.78 is 30.4. The van der Waals surface area contributed by atoms with Crippen LogP contribution in [-0.2, 0) is 10.0 Å². The second-order valence-corrected chi connectivity index (χ2v) is 8.72. The molecule has 1 saturated heterocycles. The molecular formula is C16H24N2O4S2. The molecule has 0 atom stereocenters. The molecule has 134 valence electrons. The van der Waals surface area contributed by atoms with Gasteiger partial charge in [0.05, 0.1) is 6.26 Å². The number of carbonyl (C=O) groups is 1. The zero-order valence-electron chi connectivity index (χ0n) is 14.0. The molecule has 0 aliphatic carbocycles. The van der Waals surface area contributed by atoms with Gasteiger partial charge in [0.15, 0.2) is 0 Å². The van der Waals surface area contributed by atoms with Gasteiger partial charge in [0.25, 0.3) is 5.91 Å². The lowest BCUT2D eigenvalue weighted by Crippen LogP contribution is -2.41. The van der Waals surface area contributed by atoms with E-state index in [9.17, 15) is 13.2 Å². The quantitative estimate of drug-likeness (QED) is 0.736. The van der Waals surface area contributed by atoms with Gasteiger partial charge < -0.3 is 10.1 Å². The molecule has 1 fully saturated rings. The Hall–Kier alpha value is -1.25. The molecule has 1 aromatic carbocycles. The fraction of sp³-hybridized carbons (Fsp3) is 0.562. The molecule has 0 unspecified atom stereocenters. The van der Waals surface area contributed by atoms with Gasteiger partial charge in [0.1, 0.15) is 11.9 Å². The molecule has 1 N–H and O–H groups in total. The van der Waals surface area contributed by atoms with Crippen LogP contribution in [0, 0.1) is 0 Å². The molecule has 6 nitrogen and oxygen atoms in total. The van der Waals surface area contributed by atoms with Crippen molar-refractivity contribution < 1.29 is 17.9 Å². The maximum absolute atomic E-state index is 12.1. The lowest BCUT2D eigenvalue weighted by Gasteiger charge is -2.30. The number of hydrogen-bond acceptors (Lipinski definition) is 5. The summed E-state index contributed by atoms with van der Waals surface area (Å²) in [4.78, 5) is 12.1. The summed E-state index contributed by atoms with van der Waals surface area (Å²) >= 11 is 1.68. The van der Waals surface area contributed by atoms with Crippen LogP contribution in [0.2, 0.25) is 0 Å². The number of nitrogens with one attached hydrogen (secondary N) is 1. The highest BCUT2D eigenvalue weighted by Crippen LogP contribution is 2.21. The predicted molar refractivity (Wildman–Crippen MR) is 97.2 cm³/mol. The summed E-state index contributed by atoms with van der Waals surface area (Å²) in [5.41, 5.74) is 0.571. The lowest BCUT2D eigenvalue weighted by molar-refractivity contribution is 0.0954. The molecule has 0 radical (unpaired) electrons. The third-order valence-corrected chi connectivity index (χ3v) is 5.78. The average molecular weight is 373 g/mol. The zero-order chi connectivity index (χ0) is 17.6. The first kappa shape index (κ1) is 19.1. The molecule has 0 spiro atoms. The highest BCUT2D eigenvalue weighted by Gasteiger charge is 2.26. The van der Waals surface area contributed by atoms with Crippen LogP contribution in [0.4, 0.5) is 0 Å². The fourth-order valence-electron chi connectivity index (χ4n) is 2.55. The number of ether oxygens (including phenoxy) is 1. The minimum absolute atomic E-state index is 0.0298. The van der Waals surface area contributed by atoms with E-state index in [2.05, 4.69) is 5.32 Å². The average Bonchev–Trinajstić information content (AvgIpc) is 2.55. The number of hydrogen-bond donors (Lipinski definition) is 1. The van der Waals surface area contributed by atoms with Crippen LogP contribution >= 0.6 is 11.8 Å². The Morgan fingerprint density at radius 2 is 2.08 bits per heavy atom. The van der Waals surface area contributed by atoms with Crippen LogP contribution in [0.5, 0.6) is 5.75 Å². The number of piperidine rings is 1. The van der Waals surface area contributed by atoms with E-state index >= 15 is 0 Å². The Kier molecular flexibility index (Phi) is 6.94. The van der Waals surface area contributed by atoms with Crippen LogP contribution < -0.4 is 10.1 Å². The zero-order valence-corrected chi connectivity index (χ0v) is 15.7. The van der Waals surface area contributed by atoms with Gasteiger partial charge in [0.2, 0.25) is 10.0 Å². The van der Waals surface area contributed by atoms with Crippen molar-refractivity contribution in [2.75, 3.05) is 37.9 Å². The van der Waals surface area contributed by atoms with Gasteiger partial charge in [-0.05, 0) is 37.3 Å². The second-order valence-electron chi connectivity index (χ2n) is 5.76. The molecule has 0 aromatic heterocycles. The summed E-state index contributed by atoms with van der Waals surface area (Å²) in [6.07, 6.45) is 4.50. The Labute approximate surface area is 148 Å². The minimum atomic E-state index is -3.13. The smallest absolute Gasteiger partial charge is 0.251 e. The van der Waals surface area contributed by atoms with Crippen molar-refractivity contribution in [1.29, 1.82) is 0 Å². The van der Waals surface area contributed by atoms with E-state index in [1.165, 1.54) is 10.6 Å². The number of amides is 1. The van der Waals surface area contributed by atoms with Gasteiger partial charge in [-0.1, -0.05) is 6.07 Å². The molecule has 2 rings (SSSR count). The summed E-state index contributed by atoms with van der Waals surface area (Å²) in [6.45, 7) is 1.58. The number of benzene rings is 1. The standard InChI is InChI=1S/C16H24N2O4S2/c1-23-11-8-17-16(19)13-4-3-5-15(12-13)22-14-6-9-18(10-7-14)24(2,20)21/h3-5,12,14H,6-11H2,1-2H3,(H,17,19). The SMILES string of the molecule is CSCCNC(=O)c1cccc(OC2CCN(S(C)(=O)=O)CC2)c1. The van der Waals surface area contributed by atoms with Crippen LogP contribution in [0.25, 0.3) is 0 Å². The lowest BCUT2D eigenvalue weighted by atomic mass is 10.1. The van der Waals surface area contributed by atoms with Crippen LogP contribution in [0.1, 0.15) is 23.2 Å². The van der Waals surface area contributed by atoms with Crippen molar-refractivity contribution in [3.63, 3.8) is 0 Å². The summed E-state index contributed by atoms with van der Waals surface area (Å²) in [7, 11) is -3.13. The summed E-state index contributed by atoms with van der Waals surface area (Å²) in [5.74, 6) is 1.41. The number of sulfonamides is 1. The first-order chi connectivity index (χ1) is 11.4. The third kappa shape index (κ3) is 5.68. The largest absolute Gasteiger partial charge is 0.490 e. The van der Waals surface area contributed by atoms with Crippen molar-refractivity contribution >= 4 is 27.7 Å². The van der Waals surface area contributed by atoms with E-state index in [0.29, 0.717) is 43.8 Å². The van der Waals surface area contributed by atoms with E-state index in [4.69, 9.17) is 4.74 Å². The fourth-order valence-corrected chi connectivity index (χ4v) is 3.73. The number of nitrogens with zero attached hydrogens (tertiary/aromatic N) is 1. The maximum atomic E-state index is 12.1. The molecule has 0 bridgehead atoms. The molecular weight excluding hydrogens is 348 g/mol. The van der Waals surface area contributed by atoms with Gasteiger partial charge in [-0.25, -0.2) is 12.7 Å². The number of thioether (sulfide) groups is 1. The molecule has 1 amide bonds. The van der Waals surface area contributed by atoms with Crippen LogP contribution in [0.3, 0.4) is 0 Å². The normalized spacial score (nSPS) is 16.8. The Morgan fingerprint density at radius 3 is 2.71 bits per heavy atom. The first-order valence-electron chi connectivity index (χ1n) is 7.89. The first-order valence-corrected chi connectivity index (χ1v) is 11.1. The second kappa shape index (κ2) is 8.73. The van der Waals surface area contributed by atoms with E-state index in [-0.39, 0.29) is 12.0 Å². The van der Waals surface area contributed by atoms with Gasteiger partial charge in [-0.15, -0.1) is 0 Å². The topological polar surface area (TPSA) is 75.7 Å². The highest BCUT2D eigenvalue weighted by atomic mass is 32.2. The van der Waals surface area contributed by atoms with Crippen molar-refractivity contribution in [3.8, 4) is 5.75 Å². The van der Waals surface area contributed by atoms with Crippen molar-refractivity contribution in [2.24, 2.45) is 0 Å². The minimum Gasteiger partial charge on any atom is -0.490 e. The number of rotatable bonds is 7. The predicted octanol–water partition coefficient (Wildman–Crippen LogP) is 1.58. The molecule has 1 aliphatic heterocycles. The summed E-state index contributed by atoms with van der Waals surface area (Å²) in [6, 6.07) is 7.11. The van der Waals surface area contributed by atoms with E-state index in [0.717, 1.165) is 5.75 Å². The Bertz CT molecular complexity index is 656. The Morgan fingerprint density at radius 1 is 1.38 bits per heavy atom. The van der Waals surface area contributed by atoms with Crippen LogP contribution in [0.15, 0.2) is 24.3 Å². The van der Waals surface area contributed by atoms with E-state index in [1.807, 2.05) is 12.3 Å². The number of carbonyl (C=O) groups excluding carboxylic acids is 1. The molecule has 1 heterocycles. The molecule has 0 saturated carbocycles. The van der Waals surface area contributed by atoms with Gasteiger partial charge in [-0.2, -0.15) is 11.8 Å². The van der Waals surface area contributed by atoms with Gasteiger partial charge in [-0.3, -0.25) is 4.79 Å². The molecule has 1 aromatic rings. The van der Waals surface area contributed by atoms with Crippen molar-refractivity contribution in [1.82, 2.24) is 9.62 Å². The van der Waals surface area contributed by atoms with Crippen molar-refractivity contribution in [2.45, 2.75) is 18.9 Å². The van der Waals surface area contributed by atoms with Crippen LogP contribution in [-0.4, -0.2) is 62.6 Å². The third-order valence-electron chi connectivity index (χ3n) is 3.86. The molecule has 1 aliphatic rings. The Balaban J connectivity index is 1.90. The molecule has 24 heavy (non-hydrogen) atoms. The summed E-state index contributed by atoms with van der Waals surface area (Å²) in [5, 5.41) is 2.86. The highest BCUT2D eigenvalue weighted by molar-refractivity contribution is 7.98. The van der Waals surface area contributed by atoms with Gasteiger partial charge in [0, 0.05) is 31.0 Å². The maximum Gasteiger partial charge on any atom is 0.251 e. The monoisotopic (exact) mass is 372 g/mol. The molecule has 8 heteroatoms.